The molecular formula is C11H14ClN3. The number of nitrogens with one attached hydrogen (secondary N) is 1. The Hall–Kier alpha value is -1.06. The molecule has 4 heteroatoms. The Kier molecular flexibility index (Phi) is 2.93. The van der Waals surface area contributed by atoms with Crippen LogP contribution in [0.3, 0.4) is 0 Å². The summed E-state index contributed by atoms with van der Waals surface area (Å²) in [6.45, 7) is 3.71. The lowest BCUT2D eigenvalue weighted by Gasteiger charge is -2.00. The van der Waals surface area contributed by atoms with E-state index in [0.29, 0.717) is 0 Å². The summed E-state index contributed by atoms with van der Waals surface area (Å²) in [6, 6.07) is 6.06. The van der Waals surface area contributed by atoms with E-state index in [1.54, 1.807) is 0 Å². The van der Waals surface area contributed by atoms with Crippen LogP contribution >= 0.6 is 11.6 Å². The van der Waals surface area contributed by atoms with Crippen LogP contribution in [0.1, 0.15) is 5.56 Å². The number of nitrogens with zero attached hydrogens (tertiary/aromatic N) is 2. The summed E-state index contributed by atoms with van der Waals surface area (Å²) in [5, 5.41) is 9.34. The molecule has 0 radical (unpaired) electrons. The Labute approximate surface area is 94.0 Å². The average molecular weight is 224 g/mol. The Morgan fingerprint density at radius 1 is 1.47 bits per heavy atom. The van der Waals surface area contributed by atoms with Gasteiger partial charge in [-0.25, -0.2) is 0 Å². The van der Waals surface area contributed by atoms with Crippen LogP contribution in [0.5, 0.6) is 0 Å². The van der Waals surface area contributed by atoms with Crippen LogP contribution in [0.15, 0.2) is 18.2 Å². The first-order chi connectivity index (χ1) is 7.24. The van der Waals surface area contributed by atoms with Crippen molar-refractivity contribution < 1.29 is 0 Å². The Bertz CT molecular complexity index is 476. The highest BCUT2D eigenvalue weighted by Gasteiger charge is 2.09. The SMILES string of the molecule is CNCCn1nc2c(C)cccc2c1Cl. The summed E-state index contributed by atoms with van der Waals surface area (Å²) in [7, 11) is 1.92. The number of aromatic nitrogens is 2. The third-order valence-electron chi connectivity index (χ3n) is 2.48. The van der Waals surface area contributed by atoms with Crippen molar-refractivity contribution in [1.29, 1.82) is 0 Å². The third kappa shape index (κ3) is 1.85. The second kappa shape index (κ2) is 4.21. The summed E-state index contributed by atoms with van der Waals surface area (Å²) < 4.78 is 1.84. The van der Waals surface area contributed by atoms with Gasteiger partial charge in [0.15, 0.2) is 0 Å². The van der Waals surface area contributed by atoms with Crippen molar-refractivity contribution >= 4 is 22.5 Å². The molecule has 0 saturated carbocycles. The van der Waals surface area contributed by atoms with E-state index in [2.05, 4.69) is 10.4 Å². The molecule has 0 unspecified atom stereocenters. The number of hydrogen-bond donors (Lipinski definition) is 1. The van der Waals surface area contributed by atoms with Crippen LogP contribution in [0, 0.1) is 6.92 Å². The first kappa shape index (κ1) is 10.5. The van der Waals surface area contributed by atoms with Gasteiger partial charge >= 0.3 is 0 Å². The Morgan fingerprint density at radius 2 is 2.27 bits per heavy atom. The molecule has 1 heterocycles. The molecule has 1 aromatic heterocycles. The Balaban J connectivity index is 2.49. The molecule has 0 aliphatic heterocycles. The molecule has 0 atom stereocenters. The van der Waals surface area contributed by atoms with E-state index in [-0.39, 0.29) is 0 Å². The van der Waals surface area contributed by atoms with Gasteiger partial charge in [0, 0.05) is 11.9 Å². The summed E-state index contributed by atoms with van der Waals surface area (Å²) in [5.41, 5.74) is 2.16. The molecule has 2 rings (SSSR count). The van der Waals surface area contributed by atoms with Crippen molar-refractivity contribution in [2.24, 2.45) is 0 Å². The van der Waals surface area contributed by atoms with E-state index in [9.17, 15) is 0 Å². The normalized spacial score (nSPS) is 11.1. The minimum atomic E-state index is 0.726. The number of aryl methyl sites for hydroxylation is 1. The van der Waals surface area contributed by atoms with Crippen LogP contribution in [0.4, 0.5) is 0 Å². The van der Waals surface area contributed by atoms with Gasteiger partial charge in [0.1, 0.15) is 5.15 Å². The van der Waals surface area contributed by atoms with E-state index in [1.807, 2.05) is 36.9 Å². The molecular weight excluding hydrogens is 210 g/mol. The van der Waals surface area contributed by atoms with Gasteiger partial charge in [-0.05, 0) is 25.6 Å². The lowest BCUT2D eigenvalue weighted by Crippen LogP contribution is -2.15. The fourth-order valence-electron chi connectivity index (χ4n) is 1.63. The highest BCUT2D eigenvalue weighted by molar-refractivity contribution is 6.34. The maximum Gasteiger partial charge on any atom is 0.134 e. The van der Waals surface area contributed by atoms with Gasteiger partial charge in [0.25, 0.3) is 0 Å². The van der Waals surface area contributed by atoms with Crippen molar-refractivity contribution in [2.45, 2.75) is 13.5 Å². The molecule has 80 valence electrons. The number of hydrogen-bond acceptors (Lipinski definition) is 2. The first-order valence-electron chi connectivity index (χ1n) is 5.00. The number of halogens is 1. The molecule has 15 heavy (non-hydrogen) atoms. The van der Waals surface area contributed by atoms with Gasteiger partial charge in [0.05, 0.1) is 12.1 Å². The lowest BCUT2D eigenvalue weighted by molar-refractivity contribution is 0.590. The van der Waals surface area contributed by atoms with E-state index in [1.165, 1.54) is 0 Å². The largest absolute Gasteiger partial charge is 0.318 e. The highest BCUT2D eigenvalue weighted by atomic mass is 35.5. The third-order valence-corrected chi connectivity index (χ3v) is 2.88. The molecule has 0 saturated heterocycles. The zero-order chi connectivity index (χ0) is 10.8. The molecule has 0 aliphatic rings. The molecule has 0 fully saturated rings. The van der Waals surface area contributed by atoms with Crippen LogP contribution in [0.25, 0.3) is 10.9 Å². The minimum Gasteiger partial charge on any atom is -0.318 e. The van der Waals surface area contributed by atoms with Gasteiger partial charge in [0.2, 0.25) is 0 Å². The standard InChI is InChI=1S/C11H14ClN3/c1-8-4-3-5-9-10(8)14-15(11(9)12)7-6-13-2/h3-5,13H,6-7H2,1-2H3. The van der Waals surface area contributed by atoms with Crippen molar-refractivity contribution in [3.63, 3.8) is 0 Å². The number of fused-ring (bicyclic) bond motifs is 1. The second-order valence-electron chi connectivity index (χ2n) is 3.59. The fraction of sp³-hybridized carbons (Fsp3) is 0.364. The first-order valence-corrected chi connectivity index (χ1v) is 5.38. The summed E-state index contributed by atoms with van der Waals surface area (Å²) in [6.07, 6.45) is 0. The van der Waals surface area contributed by atoms with Gasteiger partial charge in [-0.2, -0.15) is 5.10 Å². The quantitative estimate of drug-likeness (QED) is 0.865. The summed E-state index contributed by atoms with van der Waals surface area (Å²) >= 11 is 6.24. The monoisotopic (exact) mass is 223 g/mol. The van der Waals surface area contributed by atoms with Gasteiger partial charge in [-0.1, -0.05) is 23.7 Å². The Morgan fingerprint density at radius 3 is 2.93 bits per heavy atom. The van der Waals surface area contributed by atoms with Gasteiger partial charge in [-0.15, -0.1) is 0 Å². The smallest absolute Gasteiger partial charge is 0.134 e. The van der Waals surface area contributed by atoms with Crippen LogP contribution in [0.2, 0.25) is 5.15 Å². The van der Waals surface area contributed by atoms with Gasteiger partial charge in [-0.3, -0.25) is 4.68 Å². The van der Waals surface area contributed by atoms with E-state index in [4.69, 9.17) is 11.6 Å². The summed E-state index contributed by atoms with van der Waals surface area (Å²) in [5.74, 6) is 0. The van der Waals surface area contributed by atoms with Crippen molar-refractivity contribution in [3.05, 3.63) is 28.9 Å². The molecule has 3 nitrogen and oxygen atoms in total. The topological polar surface area (TPSA) is 29.9 Å². The van der Waals surface area contributed by atoms with Crippen molar-refractivity contribution in [3.8, 4) is 0 Å². The molecule has 0 bridgehead atoms. The minimum absolute atomic E-state index is 0.726. The van der Waals surface area contributed by atoms with E-state index >= 15 is 0 Å². The van der Waals surface area contributed by atoms with E-state index < -0.39 is 0 Å². The molecule has 0 aliphatic carbocycles. The predicted octanol–water partition coefficient (Wildman–Crippen LogP) is 2.22. The highest BCUT2D eigenvalue weighted by Crippen LogP contribution is 2.25. The lowest BCUT2D eigenvalue weighted by atomic mass is 10.2. The molecule has 2 aromatic rings. The van der Waals surface area contributed by atoms with Crippen LogP contribution in [-0.2, 0) is 6.54 Å². The zero-order valence-corrected chi connectivity index (χ0v) is 9.67. The van der Waals surface area contributed by atoms with Crippen molar-refractivity contribution in [1.82, 2.24) is 15.1 Å². The van der Waals surface area contributed by atoms with Crippen LogP contribution in [-0.4, -0.2) is 23.4 Å². The average Bonchev–Trinajstić information content (AvgIpc) is 2.55. The molecule has 1 N–H and O–H groups in total. The summed E-state index contributed by atoms with van der Waals surface area (Å²) in [4.78, 5) is 0. The number of likely N-dealkylation sites (N-methyl/N-ethyl adjacent to an activating group) is 1. The predicted molar refractivity (Wildman–Crippen MR) is 63.4 cm³/mol. The van der Waals surface area contributed by atoms with Crippen molar-refractivity contribution in [2.75, 3.05) is 13.6 Å². The molecule has 0 amide bonds. The maximum atomic E-state index is 6.24. The molecule has 0 spiro atoms. The fourth-order valence-corrected chi connectivity index (χ4v) is 1.90. The van der Waals surface area contributed by atoms with E-state index in [0.717, 1.165) is 34.7 Å². The van der Waals surface area contributed by atoms with Gasteiger partial charge < -0.3 is 5.32 Å². The van der Waals surface area contributed by atoms with Crippen LogP contribution < -0.4 is 5.32 Å². The molecule has 1 aromatic carbocycles. The maximum absolute atomic E-state index is 6.24. The number of rotatable bonds is 3. The zero-order valence-electron chi connectivity index (χ0n) is 8.92. The number of benzene rings is 1. The second-order valence-corrected chi connectivity index (χ2v) is 3.95.